The molecular weight excluding hydrogens is 282 g/mol. The number of hydrogen-bond acceptors (Lipinski definition) is 3. The Kier molecular flexibility index (Phi) is 3.42. The molecule has 0 saturated carbocycles. The Labute approximate surface area is 126 Å². The largest absolute Gasteiger partial charge is 0.419 e. The number of carbonyl (C=O) groups excluding carboxylic acids is 1. The monoisotopic (exact) mass is 297 g/mol. The van der Waals surface area contributed by atoms with Crippen molar-refractivity contribution in [3.05, 3.63) is 58.6 Å². The third kappa shape index (κ3) is 2.58. The van der Waals surface area contributed by atoms with Crippen LogP contribution in [-0.4, -0.2) is 10.6 Å². The van der Waals surface area contributed by atoms with Gasteiger partial charge in [-0.2, -0.15) is 0 Å². The van der Waals surface area contributed by atoms with Crippen LogP contribution in [0, 0.1) is 6.92 Å². The van der Waals surface area contributed by atoms with E-state index in [0.717, 1.165) is 11.3 Å². The van der Waals surface area contributed by atoms with Crippen LogP contribution in [0.1, 0.15) is 5.56 Å². The summed E-state index contributed by atoms with van der Waals surface area (Å²) in [6, 6.07) is 12.2. The molecule has 3 rings (SSSR count). The van der Waals surface area contributed by atoms with E-state index < -0.39 is 5.76 Å². The Bertz CT molecular complexity index is 908. The van der Waals surface area contributed by atoms with Crippen LogP contribution in [0.3, 0.4) is 0 Å². The third-order valence-electron chi connectivity index (χ3n) is 3.44. The lowest BCUT2D eigenvalue weighted by atomic mass is 10.2. The minimum Gasteiger partial charge on any atom is -0.408 e. The summed E-state index contributed by atoms with van der Waals surface area (Å²) in [6.07, 6.45) is 0. The van der Waals surface area contributed by atoms with Crippen molar-refractivity contribution in [2.75, 3.05) is 10.6 Å². The summed E-state index contributed by atoms with van der Waals surface area (Å²) in [4.78, 5) is 23.5. The molecule has 112 valence electrons. The van der Waals surface area contributed by atoms with Crippen LogP contribution in [-0.2, 0) is 7.05 Å². The molecule has 0 aliphatic carbocycles. The highest BCUT2D eigenvalue weighted by Gasteiger charge is 2.09. The molecule has 0 aliphatic rings. The zero-order valence-corrected chi connectivity index (χ0v) is 12.2. The van der Waals surface area contributed by atoms with Gasteiger partial charge in [-0.15, -0.1) is 0 Å². The Morgan fingerprint density at radius 2 is 1.91 bits per heavy atom. The van der Waals surface area contributed by atoms with E-state index in [9.17, 15) is 9.59 Å². The van der Waals surface area contributed by atoms with E-state index in [4.69, 9.17) is 4.42 Å². The van der Waals surface area contributed by atoms with Crippen LogP contribution in [0.15, 0.2) is 51.7 Å². The number of urea groups is 1. The second-order valence-corrected chi connectivity index (χ2v) is 5.00. The van der Waals surface area contributed by atoms with Crippen molar-refractivity contribution in [1.82, 2.24) is 4.57 Å². The molecule has 0 spiro atoms. The van der Waals surface area contributed by atoms with Crippen molar-refractivity contribution in [3.63, 3.8) is 0 Å². The molecule has 6 nitrogen and oxygen atoms in total. The van der Waals surface area contributed by atoms with Gasteiger partial charge in [0.15, 0.2) is 5.58 Å². The summed E-state index contributed by atoms with van der Waals surface area (Å²) in [5.41, 5.74) is 3.37. The fourth-order valence-electron chi connectivity index (χ4n) is 2.21. The molecule has 0 radical (unpaired) electrons. The second kappa shape index (κ2) is 5.40. The van der Waals surface area contributed by atoms with Crippen LogP contribution >= 0.6 is 0 Å². The first kappa shape index (κ1) is 13.9. The van der Waals surface area contributed by atoms with E-state index in [0.29, 0.717) is 16.8 Å². The van der Waals surface area contributed by atoms with Gasteiger partial charge in [-0.05, 0) is 30.7 Å². The Balaban J connectivity index is 1.79. The molecule has 1 heterocycles. The minimum atomic E-state index is -0.434. The molecule has 2 aromatic carbocycles. The van der Waals surface area contributed by atoms with Crippen molar-refractivity contribution in [3.8, 4) is 0 Å². The molecule has 6 heteroatoms. The molecular formula is C16H15N3O3. The number of nitrogens with one attached hydrogen (secondary N) is 2. The van der Waals surface area contributed by atoms with E-state index in [-0.39, 0.29) is 6.03 Å². The summed E-state index contributed by atoms with van der Waals surface area (Å²) < 4.78 is 6.50. The third-order valence-corrected chi connectivity index (χ3v) is 3.44. The molecule has 0 atom stereocenters. The highest BCUT2D eigenvalue weighted by Crippen LogP contribution is 2.18. The fourth-order valence-corrected chi connectivity index (χ4v) is 2.21. The van der Waals surface area contributed by atoms with Crippen molar-refractivity contribution >= 4 is 28.5 Å². The number of carbonyl (C=O) groups is 1. The number of rotatable bonds is 2. The van der Waals surface area contributed by atoms with E-state index >= 15 is 0 Å². The zero-order chi connectivity index (χ0) is 15.7. The summed E-state index contributed by atoms with van der Waals surface area (Å²) in [5.74, 6) is -0.434. The van der Waals surface area contributed by atoms with Gasteiger partial charge in [-0.25, -0.2) is 9.59 Å². The van der Waals surface area contributed by atoms with Gasteiger partial charge in [0.2, 0.25) is 0 Å². The van der Waals surface area contributed by atoms with Crippen LogP contribution in [0.4, 0.5) is 16.2 Å². The van der Waals surface area contributed by atoms with Gasteiger partial charge in [0.25, 0.3) is 0 Å². The molecule has 0 fully saturated rings. The first-order valence-electron chi connectivity index (χ1n) is 6.78. The number of aryl methyl sites for hydroxylation is 2. The maximum Gasteiger partial charge on any atom is 0.419 e. The van der Waals surface area contributed by atoms with Crippen molar-refractivity contribution in [1.29, 1.82) is 0 Å². The van der Waals surface area contributed by atoms with Crippen molar-refractivity contribution in [2.24, 2.45) is 7.05 Å². The van der Waals surface area contributed by atoms with Gasteiger partial charge in [0.1, 0.15) is 0 Å². The maximum atomic E-state index is 12.0. The van der Waals surface area contributed by atoms with Gasteiger partial charge in [0.05, 0.1) is 5.52 Å². The van der Waals surface area contributed by atoms with Gasteiger partial charge in [-0.1, -0.05) is 18.2 Å². The molecule has 22 heavy (non-hydrogen) atoms. The lowest BCUT2D eigenvalue weighted by Crippen LogP contribution is -2.19. The topological polar surface area (TPSA) is 76.3 Å². The van der Waals surface area contributed by atoms with E-state index in [1.54, 1.807) is 25.2 Å². The first-order chi connectivity index (χ1) is 10.5. The van der Waals surface area contributed by atoms with Crippen LogP contribution < -0.4 is 16.4 Å². The normalized spacial score (nSPS) is 10.6. The number of nitrogens with zero attached hydrogens (tertiary/aromatic N) is 1. The minimum absolute atomic E-state index is 0.355. The number of fused-ring (bicyclic) bond motifs is 1. The molecule has 2 N–H and O–H groups in total. The van der Waals surface area contributed by atoms with Gasteiger partial charge in [0, 0.05) is 24.5 Å². The molecule has 0 saturated heterocycles. The number of aromatic nitrogens is 1. The molecule has 0 unspecified atom stereocenters. The van der Waals surface area contributed by atoms with Crippen LogP contribution in [0.2, 0.25) is 0 Å². The quantitative estimate of drug-likeness (QED) is 0.763. The molecule has 3 aromatic rings. The predicted octanol–water partition coefficient (Wildman–Crippen LogP) is 3.08. The molecule has 0 aliphatic heterocycles. The van der Waals surface area contributed by atoms with Crippen LogP contribution in [0.25, 0.3) is 11.1 Å². The van der Waals surface area contributed by atoms with E-state index in [1.165, 1.54) is 4.57 Å². The zero-order valence-electron chi connectivity index (χ0n) is 12.2. The lowest BCUT2D eigenvalue weighted by Gasteiger charge is -2.09. The Morgan fingerprint density at radius 3 is 2.68 bits per heavy atom. The average Bonchev–Trinajstić information content (AvgIpc) is 2.76. The molecule has 0 bridgehead atoms. The van der Waals surface area contributed by atoms with Crippen molar-refractivity contribution in [2.45, 2.75) is 6.92 Å². The number of benzene rings is 2. The summed E-state index contributed by atoms with van der Waals surface area (Å²) in [5, 5.41) is 5.49. The van der Waals surface area contributed by atoms with E-state index in [1.807, 2.05) is 31.2 Å². The highest BCUT2D eigenvalue weighted by molar-refractivity contribution is 6.01. The number of para-hydroxylation sites is 1. The van der Waals surface area contributed by atoms with Crippen LogP contribution in [0.5, 0.6) is 0 Å². The van der Waals surface area contributed by atoms with Gasteiger partial charge < -0.3 is 15.1 Å². The SMILES string of the molecule is Cc1ccccc1NC(=O)Nc1ccc2c(c1)oc(=O)n2C. The maximum absolute atomic E-state index is 12.0. The standard InChI is InChI=1S/C16H15N3O3/c1-10-5-3-4-6-12(10)18-15(20)17-11-7-8-13-14(9-11)22-16(21)19(13)2/h3-9H,1-2H3,(H2,17,18,20). The number of oxazole rings is 1. The summed E-state index contributed by atoms with van der Waals surface area (Å²) in [6.45, 7) is 1.92. The van der Waals surface area contributed by atoms with Crippen molar-refractivity contribution < 1.29 is 9.21 Å². The average molecular weight is 297 g/mol. The van der Waals surface area contributed by atoms with Gasteiger partial charge >= 0.3 is 11.8 Å². The Morgan fingerprint density at radius 1 is 1.14 bits per heavy atom. The van der Waals surface area contributed by atoms with E-state index in [2.05, 4.69) is 10.6 Å². The number of amides is 2. The predicted molar refractivity (Wildman–Crippen MR) is 85.3 cm³/mol. The number of anilines is 2. The summed E-state index contributed by atoms with van der Waals surface area (Å²) in [7, 11) is 1.63. The second-order valence-electron chi connectivity index (χ2n) is 5.00. The number of hydrogen-bond donors (Lipinski definition) is 2. The Hall–Kier alpha value is -3.02. The lowest BCUT2D eigenvalue weighted by molar-refractivity contribution is 0.262. The molecule has 1 aromatic heterocycles. The smallest absolute Gasteiger partial charge is 0.408 e. The first-order valence-corrected chi connectivity index (χ1v) is 6.78. The highest BCUT2D eigenvalue weighted by atomic mass is 16.4. The molecule has 2 amide bonds. The fraction of sp³-hybridized carbons (Fsp3) is 0.125. The summed E-state index contributed by atoms with van der Waals surface area (Å²) >= 11 is 0. The van der Waals surface area contributed by atoms with Gasteiger partial charge in [-0.3, -0.25) is 4.57 Å².